The molecule has 0 saturated heterocycles. The van der Waals surface area contributed by atoms with Crippen LogP contribution in [0.1, 0.15) is 5.56 Å². The first-order valence-corrected chi connectivity index (χ1v) is 6.74. The average Bonchev–Trinajstić information content (AvgIpc) is 2.47. The van der Waals surface area contributed by atoms with Gasteiger partial charge in [0.05, 0.1) is 13.2 Å². The van der Waals surface area contributed by atoms with Gasteiger partial charge in [-0.25, -0.2) is 0 Å². The Morgan fingerprint density at radius 2 is 2.00 bits per heavy atom. The molecule has 0 amide bonds. The largest absolute Gasteiger partial charge is 0.508 e. The van der Waals surface area contributed by atoms with E-state index in [4.69, 9.17) is 9.84 Å². The van der Waals surface area contributed by atoms with Crippen LogP contribution in [0.2, 0.25) is 0 Å². The highest BCUT2D eigenvalue weighted by molar-refractivity contribution is 5.87. The van der Waals surface area contributed by atoms with Crippen molar-refractivity contribution in [2.75, 3.05) is 26.8 Å². The number of carboxylic acid groups (broad SMARTS) is 1. The fraction of sp³-hybridized carbons (Fsp3) is 0.312. The highest BCUT2D eigenvalue weighted by Gasteiger charge is 2.14. The van der Waals surface area contributed by atoms with Crippen molar-refractivity contribution in [3.63, 3.8) is 0 Å². The summed E-state index contributed by atoms with van der Waals surface area (Å²) < 4.78 is 5.01. The molecule has 0 aromatic heterocycles. The van der Waals surface area contributed by atoms with Crippen molar-refractivity contribution in [3.8, 4) is 5.75 Å². The molecule has 2 aromatic carbocycles. The second-order valence-corrected chi connectivity index (χ2v) is 4.88. The van der Waals surface area contributed by atoms with Gasteiger partial charge in [0.2, 0.25) is 0 Å². The Bertz CT molecular complexity index is 627. The molecule has 0 atom stereocenters. The van der Waals surface area contributed by atoms with Crippen molar-refractivity contribution in [2.24, 2.45) is 0 Å². The lowest BCUT2D eigenvalue weighted by atomic mass is 10.0. The smallest absolute Gasteiger partial charge is 0.317 e. The van der Waals surface area contributed by atoms with Crippen LogP contribution in [0.4, 0.5) is 0 Å². The van der Waals surface area contributed by atoms with Gasteiger partial charge in [-0.05, 0) is 16.8 Å². The van der Waals surface area contributed by atoms with E-state index in [2.05, 4.69) is 0 Å². The summed E-state index contributed by atoms with van der Waals surface area (Å²) >= 11 is 0. The van der Waals surface area contributed by atoms with Crippen LogP contribution in [-0.2, 0) is 16.1 Å². The first-order valence-electron chi connectivity index (χ1n) is 6.74. The second kappa shape index (κ2) is 7.06. The summed E-state index contributed by atoms with van der Waals surface area (Å²) in [7, 11) is 1.58. The van der Waals surface area contributed by atoms with E-state index in [9.17, 15) is 9.90 Å². The summed E-state index contributed by atoms with van der Waals surface area (Å²) in [4.78, 5) is 12.7. The normalized spacial score (nSPS) is 11.1. The molecule has 2 rings (SSSR count). The third-order valence-corrected chi connectivity index (χ3v) is 3.37. The minimum atomic E-state index is -0.897. The van der Waals surface area contributed by atoms with Gasteiger partial charge in [-0.1, -0.05) is 30.3 Å². The van der Waals surface area contributed by atoms with Crippen LogP contribution >= 0.6 is 0 Å². The van der Waals surface area contributed by atoms with Gasteiger partial charge < -0.3 is 14.9 Å². The fourth-order valence-electron chi connectivity index (χ4n) is 2.34. The monoisotopic (exact) mass is 289 g/mol. The van der Waals surface area contributed by atoms with E-state index < -0.39 is 5.97 Å². The molecule has 0 bridgehead atoms. The molecule has 0 aliphatic heterocycles. The van der Waals surface area contributed by atoms with Gasteiger partial charge in [0.15, 0.2) is 0 Å². The minimum absolute atomic E-state index is 0.0912. The highest BCUT2D eigenvalue weighted by atomic mass is 16.5. The van der Waals surface area contributed by atoms with Gasteiger partial charge in [0.25, 0.3) is 0 Å². The fourth-order valence-corrected chi connectivity index (χ4v) is 2.34. The molecule has 5 heteroatoms. The van der Waals surface area contributed by atoms with Crippen LogP contribution in [0.25, 0.3) is 10.8 Å². The lowest BCUT2D eigenvalue weighted by molar-refractivity contribution is -0.138. The Balaban J connectivity index is 2.30. The molecular weight excluding hydrogens is 270 g/mol. The molecular formula is C16H19NO4. The molecule has 2 N–H and O–H groups in total. The number of phenols is 1. The van der Waals surface area contributed by atoms with Crippen LogP contribution in [0.3, 0.4) is 0 Å². The lowest BCUT2D eigenvalue weighted by Gasteiger charge is -2.21. The number of benzene rings is 2. The highest BCUT2D eigenvalue weighted by Crippen LogP contribution is 2.28. The summed E-state index contributed by atoms with van der Waals surface area (Å²) in [5.74, 6) is -0.715. The zero-order valence-electron chi connectivity index (χ0n) is 12.0. The van der Waals surface area contributed by atoms with Gasteiger partial charge in [0.1, 0.15) is 5.75 Å². The third kappa shape index (κ3) is 3.93. The van der Waals surface area contributed by atoms with Gasteiger partial charge in [-0.2, -0.15) is 0 Å². The van der Waals surface area contributed by atoms with E-state index in [0.29, 0.717) is 19.7 Å². The molecule has 0 radical (unpaired) electrons. The Morgan fingerprint density at radius 1 is 1.24 bits per heavy atom. The molecule has 0 fully saturated rings. The number of ether oxygens (including phenoxy) is 1. The zero-order valence-corrected chi connectivity index (χ0v) is 12.0. The number of carboxylic acids is 1. The molecule has 112 valence electrons. The molecule has 0 aliphatic carbocycles. The SMILES string of the molecule is COCCN(CC(=O)O)Cc1c(O)ccc2ccccc12. The Kier molecular flexibility index (Phi) is 5.14. The molecule has 21 heavy (non-hydrogen) atoms. The molecule has 0 saturated carbocycles. The van der Waals surface area contributed by atoms with E-state index in [0.717, 1.165) is 16.3 Å². The standard InChI is InChI=1S/C16H19NO4/c1-21-9-8-17(11-16(19)20)10-14-13-5-3-2-4-12(13)6-7-15(14)18/h2-7,18H,8-11H2,1H3,(H,19,20). The number of fused-ring (bicyclic) bond motifs is 1. The van der Waals surface area contributed by atoms with Crippen LogP contribution in [0.5, 0.6) is 5.75 Å². The van der Waals surface area contributed by atoms with E-state index in [1.807, 2.05) is 30.3 Å². The topological polar surface area (TPSA) is 70.0 Å². The lowest BCUT2D eigenvalue weighted by Crippen LogP contribution is -2.32. The van der Waals surface area contributed by atoms with Crippen molar-refractivity contribution < 1.29 is 19.7 Å². The second-order valence-electron chi connectivity index (χ2n) is 4.88. The summed E-state index contributed by atoms with van der Waals surface area (Å²) in [5.41, 5.74) is 0.741. The number of aliphatic carboxylic acids is 1. The van der Waals surface area contributed by atoms with Crippen molar-refractivity contribution >= 4 is 16.7 Å². The van der Waals surface area contributed by atoms with Crippen LogP contribution in [0, 0.1) is 0 Å². The predicted molar refractivity (Wildman–Crippen MR) is 80.4 cm³/mol. The minimum Gasteiger partial charge on any atom is -0.508 e. The quantitative estimate of drug-likeness (QED) is 0.816. The first kappa shape index (κ1) is 15.3. The maximum absolute atomic E-state index is 11.0. The van der Waals surface area contributed by atoms with E-state index in [1.165, 1.54) is 0 Å². The number of nitrogens with zero attached hydrogens (tertiary/aromatic N) is 1. The molecule has 0 heterocycles. The van der Waals surface area contributed by atoms with Crippen LogP contribution in [0.15, 0.2) is 36.4 Å². The number of phenolic OH excluding ortho intramolecular Hbond substituents is 1. The van der Waals surface area contributed by atoms with Gasteiger partial charge in [-0.15, -0.1) is 0 Å². The number of rotatable bonds is 7. The van der Waals surface area contributed by atoms with Crippen molar-refractivity contribution in [1.82, 2.24) is 4.90 Å². The number of methoxy groups -OCH3 is 1. The number of aromatic hydroxyl groups is 1. The van der Waals surface area contributed by atoms with Crippen molar-refractivity contribution in [3.05, 3.63) is 42.0 Å². The van der Waals surface area contributed by atoms with Gasteiger partial charge in [-0.3, -0.25) is 9.69 Å². The Labute approximate surface area is 123 Å². The summed E-state index contributed by atoms with van der Waals surface area (Å²) in [5, 5.41) is 21.1. The van der Waals surface area contributed by atoms with Gasteiger partial charge >= 0.3 is 5.97 Å². The maximum atomic E-state index is 11.0. The van der Waals surface area contributed by atoms with Crippen molar-refractivity contribution in [1.29, 1.82) is 0 Å². The molecule has 0 unspecified atom stereocenters. The summed E-state index contributed by atoms with van der Waals surface area (Å²) in [6, 6.07) is 11.2. The number of carbonyl (C=O) groups is 1. The molecule has 0 aliphatic rings. The first-order chi connectivity index (χ1) is 10.1. The summed E-state index contributed by atoms with van der Waals surface area (Å²) in [6.07, 6.45) is 0. The van der Waals surface area contributed by atoms with Crippen molar-refractivity contribution in [2.45, 2.75) is 6.54 Å². The predicted octanol–water partition coefficient (Wildman–Crippen LogP) is 2.08. The van der Waals surface area contributed by atoms with E-state index >= 15 is 0 Å². The van der Waals surface area contributed by atoms with Crippen LogP contribution < -0.4 is 0 Å². The molecule has 2 aromatic rings. The maximum Gasteiger partial charge on any atom is 0.317 e. The zero-order chi connectivity index (χ0) is 15.2. The Morgan fingerprint density at radius 3 is 2.71 bits per heavy atom. The van der Waals surface area contributed by atoms with E-state index in [1.54, 1.807) is 18.1 Å². The third-order valence-electron chi connectivity index (χ3n) is 3.37. The summed E-state index contributed by atoms with van der Waals surface area (Å²) in [6.45, 7) is 1.21. The molecule has 5 nitrogen and oxygen atoms in total. The number of hydrogen-bond donors (Lipinski definition) is 2. The number of hydrogen-bond acceptors (Lipinski definition) is 4. The van der Waals surface area contributed by atoms with E-state index in [-0.39, 0.29) is 12.3 Å². The average molecular weight is 289 g/mol. The van der Waals surface area contributed by atoms with Gasteiger partial charge in [0, 0.05) is 25.8 Å². The van der Waals surface area contributed by atoms with Crippen LogP contribution in [-0.4, -0.2) is 47.9 Å². The Hall–Kier alpha value is -2.11. The molecule has 0 spiro atoms.